The van der Waals surface area contributed by atoms with E-state index in [-0.39, 0.29) is 22.4 Å². The van der Waals surface area contributed by atoms with Crippen molar-refractivity contribution in [3.63, 3.8) is 0 Å². The Morgan fingerprint density at radius 1 is 1.04 bits per heavy atom. The van der Waals surface area contributed by atoms with Gasteiger partial charge in [-0.3, -0.25) is 19.7 Å². The molecule has 0 bridgehead atoms. The van der Waals surface area contributed by atoms with Crippen LogP contribution in [0.4, 0.5) is 5.69 Å². The Kier molecular flexibility index (Phi) is 3.91. The summed E-state index contributed by atoms with van der Waals surface area (Å²) >= 11 is 0. The number of nitrogens with zero attached hydrogens (tertiary/aromatic N) is 1. The van der Waals surface area contributed by atoms with Gasteiger partial charge in [0.15, 0.2) is 0 Å². The monoisotopic (exact) mass is 317 g/mol. The van der Waals surface area contributed by atoms with Crippen LogP contribution in [0.3, 0.4) is 0 Å². The fourth-order valence-electron chi connectivity index (χ4n) is 2.38. The molecule has 0 fully saturated rings. The Balaban J connectivity index is 1.91. The van der Waals surface area contributed by atoms with E-state index < -0.39 is 17.7 Å². The van der Waals surface area contributed by atoms with Gasteiger partial charge in [-0.2, -0.15) is 5.26 Å². The Bertz CT molecular complexity index is 924. The maximum absolute atomic E-state index is 12.3. The SMILES string of the molecule is N#CC(=Cc1ccccc1)C(=O)Nc1cccc2c1C(=O)NC2=O. The van der Waals surface area contributed by atoms with Crippen molar-refractivity contribution >= 4 is 29.5 Å². The highest BCUT2D eigenvalue weighted by atomic mass is 16.2. The summed E-state index contributed by atoms with van der Waals surface area (Å²) in [5, 5.41) is 13.9. The van der Waals surface area contributed by atoms with Crippen molar-refractivity contribution in [1.29, 1.82) is 5.26 Å². The van der Waals surface area contributed by atoms with Crippen LogP contribution in [0.1, 0.15) is 26.3 Å². The van der Waals surface area contributed by atoms with Gasteiger partial charge in [0, 0.05) is 0 Å². The van der Waals surface area contributed by atoms with E-state index in [1.165, 1.54) is 18.2 Å². The lowest BCUT2D eigenvalue weighted by molar-refractivity contribution is -0.112. The average Bonchev–Trinajstić information content (AvgIpc) is 2.89. The summed E-state index contributed by atoms with van der Waals surface area (Å²) in [7, 11) is 0. The third-order valence-corrected chi connectivity index (χ3v) is 3.49. The number of rotatable bonds is 3. The lowest BCUT2D eigenvalue weighted by Crippen LogP contribution is -2.21. The molecule has 2 aromatic carbocycles. The molecule has 3 rings (SSSR count). The predicted molar refractivity (Wildman–Crippen MR) is 86.9 cm³/mol. The molecule has 2 N–H and O–H groups in total. The zero-order valence-corrected chi connectivity index (χ0v) is 12.4. The Morgan fingerprint density at radius 3 is 2.50 bits per heavy atom. The number of hydrogen-bond acceptors (Lipinski definition) is 4. The Morgan fingerprint density at radius 2 is 1.79 bits per heavy atom. The van der Waals surface area contributed by atoms with Gasteiger partial charge in [0.25, 0.3) is 17.7 Å². The van der Waals surface area contributed by atoms with Crippen LogP contribution in [0, 0.1) is 11.3 Å². The summed E-state index contributed by atoms with van der Waals surface area (Å²) in [6.45, 7) is 0. The van der Waals surface area contributed by atoms with Crippen molar-refractivity contribution in [3.8, 4) is 6.07 Å². The number of nitrogens with one attached hydrogen (secondary N) is 2. The van der Waals surface area contributed by atoms with Gasteiger partial charge in [0.2, 0.25) is 0 Å². The number of anilines is 1. The Hall–Kier alpha value is -3.72. The summed E-state index contributed by atoms with van der Waals surface area (Å²) in [6.07, 6.45) is 1.45. The molecule has 1 aliphatic heterocycles. The molecule has 1 aliphatic rings. The van der Waals surface area contributed by atoms with Crippen LogP contribution in [-0.2, 0) is 4.79 Å². The van der Waals surface area contributed by atoms with Crippen LogP contribution in [0.15, 0.2) is 54.1 Å². The molecule has 6 nitrogen and oxygen atoms in total. The van der Waals surface area contributed by atoms with Crippen LogP contribution in [0.25, 0.3) is 6.08 Å². The van der Waals surface area contributed by atoms with Crippen LogP contribution < -0.4 is 10.6 Å². The summed E-state index contributed by atoms with van der Waals surface area (Å²) < 4.78 is 0. The molecule has 0 aromatic heterocycles. The zero-order valence-electron chi connectivity index (χ0n) is 12.4. The van der Waals surface area contributed by atoms with E-state index in [1.54, 1.807) is 30.3 Å². The van der Waals surface area contributed by atoms with Gasteiger partial charge in [-0.05, 0) is 23.8 Å². The van der Waals surface area contributed by atoms with Gasteiger partial charge in [0.1, 0.15) is 11.6 Å². The third-order valence-electron chi connectivity index (χ3n) is 3.49. The number of imide groups is 1. The number of fused-ring (bicyclic) bond motifs is 1. The highest BCUT2D eigenvalue weighted by molar-refractivity contribution is 6.25. The molecular formula is C18H11N3O3. The molecule has 0 unspecified atom stereocenters. The van der Waals surface area contributed by atoms with E-state index in [0.717, 1.165) is 0 Å². The summed E-state index contributed by atoms with van der Waals surface area (Å²) in [5.74, 6) is -1.73. The molecule has 116 valence electrons. The van der Waals surface area contributed by atoms with Crippen molar-refractivity contribution in [1.82, 2.24) is 5.32 Å². The number of amides is 3. The maximum atomic E-state index is 12.3. The molecule has 0 spiro atoms. The number of benzene rings is 2. The van der Waals surface area contributed by atoms with Crippen molar-refractivity contribution < 1.29 is 14.4 Å². The molecule has 6 heteroatoms. The van der Waals surface area contributed by atoms with E-state index in [9.17, 15) is 19.6 Å². The second-order valence-electron chi connectivity index (χ2n) is 5.05. The van der Waals surface area contributed by atoms with Crippen LogP contribution in [0.2, 0.25) is 0 Å². The molecule has 0 saturated carbocycles. The predicted octanol–water partition coefficient (Wildman–Crippen LogP) is 2.12. The highest BCUT2D eigenvalue weighted by Gasteiger charge is 2.30. The lowest BCUT2D eigenvalue weighted by Gasteiger charge is -2.07. The number of hydrogen-bond donors (Lipinski definition) is 2. The van der Waals surface area contributed by atoms with Gasteiger partial charge >= 0.3 is 0 Å². The molecule has 24 heavy (non-hydrogen) atoms. The Labute approximate surface area is 137 Å². The summed E-state index contributed by atoms with van der Waals surface area (Å²) in [4.78, 5) is 35.8. The molecule has 0 saturated heterocycles. The largest absolute Gasteiger partial charge is 0.321 e. The minimum Gasteiger partial charge on any atom is -0.321 e. The maximum Gasteiger partial charge on any atom is 0.266 e. The lowest BCUT2D eigenvalue weighted by atomic mass is 10.1. The first-order valence-electron chi connectivity index (χ1n) is 7.07. The van der Waals surface area contributed by atoms with Crippen molar-refractivity contribution in [2.75, 3.05) is 5.32 Å². The van der Waals surface area contributed by atoms with E-state index in [1.807, 2.05) is 12.1 Å². The first kappa shape index (κ1) is 15.2. The van der Waals surface area contributed by atoms with E-state index in [0.29, 0.717) is 5.56 Å². The van der Waals surface area contributed by atoms with E-state index >= 15 is 0 Å². The van der Waals surface area contributed by atoms with Crippen LogP contribution in [-0.4, -0.2) is 17.7 Å². The summed E-state index contributed by atoms with van der Waals surface area (Å²) in [6, 6.07) is 15.3. The molecular weight excluding hydrogens is 306 g/mol. The smallest absolute Gasteiger partial charge is 0.266 e. The minimum absolute atomic E-state index is 0.104. The van der Waals surface area contributed by atoms with Crippen LogP contribution >= 0.6 is 0 Å². The number of carbonyl (C=O) groups excluding carboxylic acids is 3. The second-order valence-corrected chi connectivity index (χ2v) is 5.05. The topological polar surface area (TPSA) is 99.1 Å². The summed E-state index contributed by atoms with van der Waals surface area (Å²) in [5.41, 5.74) is 1.09. The zero-order chi connectivity index (χ0) is 17.1. The van der Waals surface area contributed by atoms with Crippen molar-refractivity contribution in [2.45, 2.75) is 0 Å². The van der Waals surface area contributed by atoms with Crippen LogP contribution in [0.5, 0.6) is 0 Å². The quantitative estimate of drug-likeness (QED) is 0.514. The van der Waals surface area contributed by atoms with E-state index in [2.05, 4.69) is 10.6 Å². The fraction of sp³-hybridized carbons (Fsp3) is 0. The number of carbonyl (C=O) groups is 3. The van der Waals surface area contributed by atoms with E-state index in [4.69, 9.17) is 0 Å². The van der Waals surface area contributed by atoms with Gasteiger partial charge in [-0.15, -0.1) is 0 Å². The third kappa shape index (κ3) is 2.78. The first-order valence-corrected chi connectivity index (χ1v) is 7.07. The molecule has 1 heterocycles. The van der Waals surface area contributed by atoms with Gasteiger partial charge < -0.3 is 5.32 Å². The average molecular weight is 317 g/mol. The fourth-order valence-corrected chi connectivity index (χ4v) is 2.38. The minimum atomic E-state index is -0.651. The molecule has 2 aromatic rings. The van der Waals surface area contributed by atoms with Crippen molar-refractivity contribution in [2.24, 2.45) is 0 Å². The molecule has 0 aliphatic carbocycles. The standard InChI is InChI=1S/C18H11N3O3/c19-10-12(9-11-5-2-1-3-6-11)16(22)20-14-8-4-7-13-15(14)18(24)21-17(13)23/h1-9H,(H,20,22)(H,21,23,24). The molecule has 0 atom stereocenters. The number of nitriles is 1. The molecule has 3 amide bonds. The van der Waals surface area contributed by atoms with Crippen molar-refractivity contribution in [3.05, 3.63) is 70.8 Å². The first-order chi connectivity index (χ1) is 11.6. The molecule has 0 radical (unpaired) electrons. The normalized spacial score (nSPS) is 13.0. The van der Waals surface area contributed by atoms with Gasteiger partial charge in [0.05, 0.1) is 16.8 Å². The van der Waals surface area contributed by atoms with Gasteiger partial charge in [-0.25, -0.2) is 0 Å². The highest BCUT2D eigenvalue weighted by Crippen LogP contribution is 2.24. The van der Waals surface area contributed by atoms with Gasteiger partial charge in [-0.1, -0.05) is 36.4 Å². The second kappa shape index (κ2) is 6.18.